The number of amides is 1. The molecule has 0 aromatic heterocycles. The molecule has 1 amide bonds. The van der Waals surface area contributed by atoms with E-state index in [1.807, 2.05) is 31.2 Å². The topological polar surface area (TPSA) is 64.8 Å². The Labute approximate surface area is 120 Å². The largest absolute Gasteiger partial charge is 0.492 e. The Kier molecular flexibility index (Phi) is 7.04. The molecule has 0 fully saturated rings. The van der Waals surface area contributed by atoms with Crippen LogP contribution in [0, 0.1) is 6.92 Å². The van der Waals surface area contributed by atoms with E-state index < -0.39 is 6.04 Å². The van der Waals surface area contributed by atoms with Crippen molar-refractivity contribution in [2.45, 2.75) is 19.4 Å². The molecule has 1 rings (SSSR count). The van der Waals surface area contributed by atoms with Gasteiger partial charge in [-0.25, -0.2) is 0 Å². The van der Waals surface area contributed by atoms with E-state index in [1.165, 1.54) is 5.56 Å². The highest BCUT2D eigenvalue weighted by Crippen LogP contribution is 2.11. The monoisotopic (exact) mass is 280 g/mol. The molecule has 0 aliphatic carbocycles. The van der Waals surface area contributed by atoms with Crippen molar-refractivity contribution in [1.82, 2.24) is 4.90 Å². The minimum atomic E-state index is -0.515. The molecule has 2 N–H and O–H groups in total. The van der Waals surface area contributed by atoms with Gasteiger partial charge in [-0.2, -0.15) is 0 Å². The third-order valence-corrected chi connectivity index (χ3v) is 3.04. The highest BCUT2D eigenvalue weighted by Gasteiger charge is 2.17. The lowest BCUT2D eigenvalue weighted by Gasteiger charge is -2.21. The molecule has 0 aliphatic rings. The van der Waals surface area contributed by atoms with E-state index in [0.29, 0.717) is 26.2 Å². The van der Waals surface area contributed by atoms with Crippen LogP contribution in [0.5, 0.6) is 5.75 Å². The van der Waals surface area contributed by atoms with Gasteiger partial charge in [-0.3, -0.25) is 4.79 Å². The lowest BCUT2D eigenvalue weighted by molar-refractivity contribution is -0.132. The second kappa shape index (κ2) is 8.55. The molecule has 20 heavy (non-hydrogen) atoms. The first kappa shape index (κ1) is 16.5. The Hall–Kier alpha value is -1.59. The normalized spacial score (nSPS) is 12.0. The van der Waals surface area contributed by atoms with Gasteiger partial charge >= 0.3 is 0 Å². The van der Waals surface area contributed by atoms with Crippen LogP contribution in [0.4, 0.5) is 0 Å². The van der Waals surface area contributed by atoms with Crippen molar-refractivity contribution in [3.05, 3.63) is 29.8 Å². The summed E-state index contributed by atoms with van der Waals surface area (Å²) in [5.41, 5.74) is 6.98. The fraction of sp³-hybridized carbons (Fsp3) is 0.533. The summed E-state index contributed by atoms with van der Waals surface area (Å²) in [6, 6.07) is 7.30. The second-order valence-corrected chi connectivity index (χ2v) is 4.81. The summed E-state index contributed by atoms with van der Waals surface area (Å²) < 4.78 is 10.5. The van der Waals surface area contributed by atoms with E-state index in [4.69, 9.17) is 15.2 Å². The molecule has 0 saturated carbocycles. The Morgan fingerprint density at radius 1 is 1.30 bits per heavy atom. The average molecular weight is 280 g/mol. The van der Waals surface area contributed by atoms with Crippen molar-refractivity contribution in [2.75, 3.05) is 33.9 Å². The molecule has 0 saturated heterocycles. The van der Waals surface area contributed by atoms with Gasteiger partial charge in [0, 0.05) is 20.8 Å². The van der Waals surface area contributed by atoms with Crippen LogP contribution in [0.1, 0.15) is 12.0 Å². The zero-order chi connectivity index (χ0) is 15.0. The van der Waals surface area contributed by atoms with Crippen molar-refractivity contribution < 1.29 is 14.3 Å². The molecule has 5 nitrogen and oxygen atoms in total. The summed E-state index contributed by atoms with van der Waals surface area (Å²) in [4.78, 5) is 13.5. The number of hydrogen-bond acceptors (Lipinski definition) is 4. The number of ether oxygens (including phenoxy) is 2. The van der Waals surface area contributed by atoms with Crippen LogP contribution in [0.2, 0.25) is 0 Å². The zero-order valence-electron chi connectivity index (χ0n) is 12.5. The van der Waals surface area contributed by atoms with Crippen LogP contribution in [-0.4, -0.2) is 50.8 Å². The standard InChI is InChI=1S/C15H24N2O3/c1-12-4-6-13(7-5-12)20-11-9-17(2)15(18)14(16)8-10-19-3/h4-7,14H,8-11,16H2,1-3H3. The minimum Gasteiger partial charge on any atom is -0.492 e. The average Bonchev–Trinajstić information content (AvgIpc) is 2.45. The fourth-order valence-corrected chi connectivity index (χ4v) is 1.70. The van der Waals surface area contributed by atoms with Gasteiger partial charge in [-0.15, -0.1) is 0 Å². The van der Waals surface area contributed by atoms with Crippen LogP contribution < -0.4 is 10.5 Å². The summed E-state index contributed by atoms with van der Waals surface area (Å²) in [6.07, 6.45) is 0.526. The van der Waals surface area contributed by atoms with Crippen molar-refractivity contribution in [1.29, 1.82) is 0 Å². The second-order valence-electron chi connectivity index (χ2n) is 4.81. The molecule has 1 unspecified atom stereocenters. The number of carbonyl (C=O) groups is 1. The summed E-state index contributed by atoms with van der Waals surface area (Å²) in [5, 5.41) is 0. The SMILES string of the molecule is COCCC(N)C(=O)N(C)CCOc1ccc(C)cc1. The summed E-state index contributed by atoms with van der Waals surface area (Å²) in [7, 11) is 3.32. The van der Waals surface area contributed by atoms with Gasteiger partial charge in [-0.05, 0) is 25.5 Å². The first-order valence-corrected chi connectivity index (χ1v) is 6.73. The highest BCUT2D eigenvalue weighted by atomic mass is 16.5. The van der Waals surface area contributed by atoms with Crippen molar-refractivity contribution >= 4 is 5.91 Å². The van der Waals surface area contributed by atoms with Crippen LogP contribution in [0.25, 0.3) is 0 Å². The molecule has 1 atom stereocenters. The van der Waals surface area contributed by atoms with Gasteiger partial charge in [0.2, 0.25) is 5.91 Å². The summed E-state index contributed by atoms with van der Waals surface area (Å²) in [6.45, 7) is 3.47. The van der Waals surface area contributed by atoms with Crippen LogP contribution in [0.15, 0.2) is 24.3 Å². The lowest BCUT2D eigenvalue weighted by Crippen LogP contribution is -2.43. The predicted molar refractivity (Wildman–Crippen MR) is 78.8 cm³/mol. The Balaban J connectivity index is 2.30. The first-order chi connectivity index (χ1) is 9.54. The first-order valence-electron chi connectivity index (χ1n) is 6.73. The number of carbonyl (C=O) groups excluding carboxylic acids is 1. The van der Waals surface area contributed by atoms with Gasteiger partial charge in [0.1, 0.15) is 12.4 Å². The Bertz CT molecular complexity index is 406. The molecule has 0 heterocycles. The Morgan fingerprint density at radius 3 is 2.55 bits per heavy atom. The highest BCUT2D eigenvalue weighted by molar-refractivity contribution is 5.81. The maximum Gasteiger partial charge on any atom is 0.239 e. The molecule has 0 radical (unpaired) electrons. The molecule has 1 aromatic carbocycles. The molecule has 112 valence electrons. The van der Waals surface area contributed by atoms with Gasteiger partial charge in [0.15, 0.2) is 0 Å². The maximum atomic E-state index is 11.9. The number of rotatable bonds is 8. The van der Waals surface area contributed by atoms with E-state index >= 15 is 0 Å². The number of hydrogen-bond donors (Lipinski definition) is 1. The van der Waals surface area contributed by atoms with Crippen LogP contribution >= 0.6 is 0 Å². The van der Waals surface area contributed by atoms with E-state index in [9.17, 15) is 4.79 Å². The molecule has 0 bridgehead atoms. The Morgan fingerprint density at radius 2 is 1.95 bits per heavy atom. The van der Waals surface area contributed by atoms with Crippen LogP contribution in [0.3, 0.4) is 0 Å². The quantitative estimate of drug-likeness (QED) is 0.777. The number of benzene rings is 1. The minimum absolute atomic E-state index is 0.0884. The predicted octanol–water partition coefficient (Wildman–Crippen LogP) is 1.20. The number of likely N-dealkylation sites (N-methyl/N-ethyl adjacent to an activating group) is 1. The van der Waals surface area contributed by atoms with Gasteiger partial charge in [0.05, 0.1) is 12.6 Å². The van der Waals surface area contributed by atoms with Crippen molar-refractivity contribution in [2.24, 2.45) is 5.73 Å². The van der Waals surface area contributed by atoms with Gasteiger partial charge in [0.25, 0.3) is 0 Å². The van der Waals surface area contributed by atoms with Crippen molar-refractivity contribution in [3.63, 3.8) is 0 Å². The fourth-order valence-electron chi connectivity index (χ4n) is 1.70. The summed E-state index contributed by atoms with van der Waals surface area (Å²) in [5.74, 6) is 0.717. The van der Waals surface area contributed by atoms with E-state index in [2.05, 4.69) is 0 Å². The van der Waals surface area contributed by atoms with E-state index in [-0.39, 0.29) is 5.91 Å². The third kappa shape index (κ3) is 5.59. The lowest BCUT2D eigenvalue weighted by atomic mass is 10.2. The molecule has 5 heteroatoms. The number of nitrogens with zero attached hydrogens (tertiary/aromatic N) is 1. The molecular weight excluding hydrogens is 256 g/mol. The van der Waals surface area contributed by atoms with E-state index in [1.54, 1.807) is 19.1 Å². The van der Waals surface area contributed by atoms with Crippen LogP contribution in [-0.2, 0) is 9.53 Å². The number of methoxy groups -OCH3 is 1. The molecule has 0 spiro atoms. The molecule has 1 aromatic rings. The van der Waals surface area contributed by atoms with Crippen molar-refractivity contribution in [3.8, 4) is 5.75 Å². The molecule has 0 aliphatic heterocycles. The molecular formula is C15H24N2O3. The smallest absolute Gasteiger partial charge is 0.239 e. The maximum absolute atomic E-state index is 11.9. The number of nitrogens with two attached hydrogens (primary N) is 1. The number of aryl methyl sites for hydroxylation is 1. The van der Waals surface area contributed by atoms with E-state index in [0.717, 1.165) is 5.75 Å². The summed E-state index contributed by atoms with van der Waals surface area (Å²) >= 11 is 0. The zero-order valence-corrected chi connectivity index (χ0v) is 12.5. The van der Waals surface area contributed by atoms with Gasteiger partial charge in [-0.1, -0.05) is 17.7 Å². The third-order valence-electron chi connectivity index (χ3n) is 3.04. The van der Waals surface area contributed by atoms with Gasteiger partial charge < -0.3 is 20.1 Å².